The molecule has 76 valence electrons. The smallest absolute Gasteiger partial charge is 0.303 e. The molecule has 0 rings (SSSR count). The zero-order valence-corrected chi connectivity index (χ0v) is 7.32. The van der Waals surface area contributed by atoms with Crippen molar-refractivity contribution in [3.63, 3.8) is 0 Å². The third kappa shape index (κ3) is 6.06. The molecule has 13 heavy (non-hydrogen) atoms. The second kappa shape index (κ2) is 6.38. The summed E-state index contributed by atoms with van der Waals surface area (Å²) in [5.74, 6) is -1.31. The summed E-state index contributed by atoms with van der Waals surface area (Å²) in [6.45, 7) is 0.705. The van der Waals surface area contributed by atoms with Gasteiger partial charge in [0, 0.05) is 19.5 Å². The second-order valence-electron chi connectivity index (χ2n) is 2.62. The maximum Gasteiger partial charge on any atom is 0.303 e. The Bertz CT molecular complexity index is 184. The van der Waals surface area contributed by atoms with Crippen molar-refractivity contribution in [1.82, 2.24) is 5.32 Å². The number of rotatable bonds is 6. The van der Waals surface area contributed by atoms with E-state index in [1.54, 1.807) is 0 Å². The zero-order chi connectivity index (χ0) is 10.3. The van der Waals surface area contributed by atoms with E-state index in [0.717, 1.165) is 0 Å². The van der Waals surface area contributed by atoms with Gasteiger partial charge in [-0.25, -0.2) is 0 Å². The normalized spacial score (nSPS) is 12.2. The molecule has 0 spiro atoms. The van der Waals surface area contributed by atoms with E-state index >= 15 is 0 Å². The van der Waals surface area contributed by atoms with Crippen molar-refractivity contribution < 1.29 is 14.7 Å². The summed E-state index contributed by atoms with van der Waals surface area (Å²) in [5, 5.41) is 10.8. The number of carbonyl (C=O) groups is 2. The average Bonchev–Trinajstić information content (AvgIpc) is 2.10. The van der Waals surface area contributed by atoms with E-state index in [1.807, 2.05) is 0 Å². The summed E-state index contributed by atoms with van der Waals surface area (Å²) in [7, 11) is 0. The number of amides is 1. The SMILES string of the molecule is NCCNC(=O)[C@@H](N)CCC(=O)O. The molecule has 0 aliphatic heterocycles. The zero-order valence-electron chi connectivity index (χ0n) is 7.32. The molecule has 0 unspecified atom stereocenters. The van der Waals surface area contributed by atoms with Gasteiger partial charge in [0.05, 0.1) is 6.04 Å². The lowest BCUT2D eigenvalue weighted by Crippen LogP contribution is -2.42. The van der Waals surface area contributed by atoms with E-state index in [4.69, 9.17) is 16.6 Å². The fraction of sp³-hybridized carbons (Fsp3) is 0.714. The highest BCUT2D eigenvalue weighted by molar-refractivity contribution is 5.82. The van der Waals surface area contributed by atoms with Crippen molar-refractivity contribution >= 4 is 11.9 Å². The number of hydrogen-bond acceptors (Lipinski definition) is 4. The van der Waals surface area contributed by atoms with Gasteiger partial charge in [0.1, 0.15) is 0 Å². The van der Waals surface area contributed by atoms with E-state index in [-0.39, 0.29) is 18.7 Å². The van der Waals surface area contributed by atoms with Gasteiger partial charge < -0.3 is 21.9 Å². The van der Waals surface area contributed by atoms with Gasteiger partial charge in [-0.1, -0.05) is 0 Å². The van der Waals surface area contributed by atoms with Crippen molar-refractivity contribution in [3.8, 4) is 0 Å². The molecular weight excluding hydrogens is 174 g/mol. The van der Waals surface area contributed by atoms with Crippen LogP contribution in [0.15, 0.2) is 0 Å². The van der Waals surface area contributed by atoms with Crippen LogP contribution in [0.1, 0.15) is 12.8 Å². The molecule has 0 bridgehead atoms. The van der Waals surface area contributed by atoms with Gasteiger partial charge >= 0.3 is 5.97 Å². The van der Waals surface area contributed by atoms with Crippen molar-refractivity contribution in [3.05, 3.63) is 0 Å². The topological polar surface area (TPSA) is 118 Å². The van der Waals surface area contributed by atoms with Gasteiger partial charge in [-0.05, 0) is 6.42 Å². The lowest BCUT2D eigenvalue weighted by Gasteiger charge is -2.09. The summed E-state index contributed by atoms with van der Waals surface area (Å²) < 4.78 is 0. The lowest BCUT2D eigenvalue weighted by atomic mass is 10.1. The number of aliphatic carboxylic acids is 1. The number of carboxylic acids is 1. The van der Waals surface area contributed by atoms with Gasteiger partial charge in [-0.2, -0.15) is 0 Å². The van der Waals surface area contributed by atoms with Crippen molar-refractivity contribution in [2.75, 3.05) is 13.1 Å². The quantitative estimate of drug-likeness (QED) is 0.395. The minimum atomic E-state index is -0.956. The summed E-state index contributed by atoms with van der Waals surface area (Å²) in [4.78, 5) is 21.2. The number of nitrogens with two attached hydrogens (primary N) is 2. The van der Waals surface area contributed by atoms with Crippen molar-refractivity contribution in [2.45, 2.75) is 18.9 Å². The number of carbonyl (C=O) groups excluding carboxylic acids is 1. The third-order valence-corrected chi connectivity index (χ3v) is 1.45. The Morgan fingerprint density at radius 1 is 1.46 bits per heavy atom. The monoisotopic (exact) mass is 189 g/mol. The van der Waals surface area contributed by atoms with Crippen LogP contribution >= 0.6 is 0 Å². The molecule has 0 fully saturated rings. The highest BCUT2D eigenvalue weighted by Gasteiger charge is 2.13. The Morgan fingerprint density at radius 3 is 2.54 bits per heavy atom. The van der Waals surface area contributed by atoms with Gasteiger partial charge in [-0.3, -0.25) is 9.59 Å². The van der Waals surface area contributed by atoms with E-state index in [2.05, 4.69) is 5.32 Å². The van der Waals surface area contributed by atoms with Crippen LogP contribution in [-0.2, 0) is 9.59 Å². The Kier molecular flexibility index (Phi) is 5.82. The molecule has 0 aromatic heterocycles. The van der Waals surface area contributed by atoms with Gasteiger partial charge in [0.15, 0.2) is 0 Å². The van der Waals surface area contributed by atoms with E-state index in [0.29, 0.717) is 13.1 Å². The van der Waals surface area contributed by atoms with E-state index in [1.165, 1.54) is 0 Å². The molecule has 1 amide bonds. The Morgan fingerprint density at radius 2 is 2.08 bits per heavy atom. The van der Waals surface area contributed by atoms with Crippen LogP contribution < -0.4 is 16.8 Å². The first-order valence-corrected chi connectivity index (χ1v) is 4.03. The summed E-state index contributed by atoms with van der Waals surface area (Å²) in [5.41, 5.74) is 10.5. The largest absolute Gasteiger partial charge is 0.481 e. The van der Waals surface area contributed by atoms with Crippen LogP contribution in [-0.4, -0.2) is 36.1 Å². The lowest BCUT2D eigenvalue weighted by molar-refractivity contribution is -0.137. The van der Waals surface area contributed by atoms with Crippen LogP contribution in [0.25, 0.3) is 0 Å². The standard InChI is InChI=1S/C7H15N3O3/c8-3-4-10-7(13)5(9)1-2-6(11)12/h5H,1-4,8-9H2,(H,10,13)(H,11,12)/t5-/m0/s1. The average molecular weight is 189 g/mol. The van der Waals surface area contributed by atoms with Gasteiger partial charge in [0.2, 0.25) is 5.91 Å². The first-order valence-electron chi connectivity index (χ1n) is 4.03. The highest BCUT2D eigenvalue weighted by Crippen LogP contribution is 1.93. The van der Waals surface area contributed by atoms with Crippen LogP contribution in [0.4, 0.5) is 0 Å². The molecule has 0 heterocycles. The fourth-order valence-corrected chi connectivity index (χ4v) is 0.737. The maximum atomic E-state index is 11.0. The highest BCUT2D eigenvalue weighted by atomic mass is 16.4. The van der Waals surface area contributed by atoms with E-state index in [9.17, 15) is 9.59 Å². The summed E-state index contributed by atoms with van der Waals surface area (Å²) in [6, 6.07) is -0.761. The van der Waals surface area contributed by atoms with Crippen LogP contribution in [0.2, 0.25) is 0 Å². The maximum absolute atomic E-state index is 11.0. The Hall–Kier alpha value is -1.14. The Balaban J connectivity index is 3.62. The molecule has 6 nitrogen and oxygen atoms in total. The first kappa shape index (κ1) is 11.9. The fourth-order valence-electron chi connectivity index (χ4n) is 0.737. The molecule has 0 radical (unpaired) electrons. The molecule has 0 aliphatic rings. The molecule has 1 atom stereocenters. The summed E-state index contributed by atoms with van der Waals surface area (Å²) in [6.07, 6.45) is 0.0446. The van der Waals surface area contributed by atoms with Crippen LogP contribution in [0.5, 0.6) is 0 Å². The van der Waals surface area contributed by atoms with Crippen molar-refractivity contribution in [2.24, 2.45) is 11.5 Å². The molecule has 6 heteroatoms. The third-order valence-electron chi connectivity index (χ3n) is 1.45. The molecule has 0 saturated heterocycles. The summed E-state index contributed by atoms with van der Waals surface area (Å²) >= 11 is 0. The Labute approximate surface area is 76.3 Å². The molecule has 6 N–H and O–H groups in total. The predicted molar refractivity (Wildman–Crippen MR) is 46.9 cm³/mol. The number of hydrogen-bond donors (Lipinski definition) is 4. The number of carboxylic acid groups (broad SMARTS) is 1. The minimum Gasteiger partial charge on any atom is -0.481 e. The van der Waals surface area contributed by atoms with Crippen molar-refractivity contribution in [1.29, 1.82) is 0 Å². The molecule has 0 aromatic rings. The minimum absolute atomic E-state index is 0.1000. The van der Waals surface area contributed by atoms with Gasteiger partial charge in [0.25, 0.3) is 0 Å². The predicted octanol–water partition coefficient (Wildman–Crippen LogP) is -1.75. The van der Waals surface area contributed by atoms with Crippen LogP contribution in [0.3, 0.4) is 0 Å². The molecular formula is C7H15N3O3. The molecule has 0 saturated carbocycles. The number of nitrogens with one attached hydrogen (secondary N) is 1. The van der Waals surface area contributed by atoms with Gasteiger partial charge in [-0.15, -0.1) is 0 Å². The molecule has 0 aliphatic carbocycles. The van der Waals surface area contributed by atoms with Crippen LogP contribution in [0, 0.1) is 0 Å². The second-order valence-corrected chi connectivity index (χ2v) is 2.62. The molecule has 0 aromatic carbocycles. The van der Waals surface area contributed by atoms with E-state index < -0.39 is 12.0 Å². The first-order chi connectivity index (χ1) is 6.07.